The van der Waals surface area contributed by atoms with E-state index in [9.17, 15) is 22.8 Å². The van der Waals surface area contributed by atoms with Gasteiger partial charge in [0.05, 0.1) is 36.8 Å². The largest absolute Gasteiger partial charge is 0.465 e. The van der Waals surface area contributed by atoms with Crippen molar-refractivity contribution in [2.45, 2.75) is 11.8 Å². The van der Waals surface area contributed by atoms with Crippen LogP contribution in [0.3, 0.4) is 0 Å². The van der Waals surface area contributed by atoms with Crippen LogP contribution in [0.4, 0.5) is 5.69 Å². The highest BCUT2D eigenvalue weighted by Gasteiger charge is 2.23. The van der Waals surface area contributed by atoms with Crippen LogP contribution in [0.1, 0.15) is 26.3 Å². The summed E-state index contributed by atoms with van der Waals surface area (Å²) in [7, 11) is -0.239. The highest BCUT2D eigenvalue weighted by atomic mass is 32.2. The lowest BCUT2D eigenvalue weighted by molar-refractivity contribution is -0.116. The molecular formula is C20H22N2O7S. The van der Waals surface area contributed by atoms with Gasteiger partial charge in [0.2, 0.25) is 15.9 Å². The molecule has 0 fully saturated rings. The van der Waals surface area contributed by atoms with Crippen LogP contribution in [0.15, 0.2) is 47.4 Å². The van der Waals surface area contributed by atoms with Crippen LogP contribution < -0.4 is 5.32 Å². The molecule has 2 aromatic rings. The van der Waals surface area contributed by atoms with Crippen molar-refractivity contribution < 1.29 is 32.3 Å². The van der Waals surface area contributed by atoms with Crippen molar-refractivity contribution in [1.82, 2.24) is 4.31 Å². The fraction of sp³-hybridized carbons (Fsp3) is 0.250. The third-order valence-electron chi connectivity index (χ3n) is 4.15. The Kier molecular flexibility index (Phi) is 7.30. The first-order chi connectivity index (χ1) is 14.1. The maximum atomic E-state index is 12.6. The SMILES string of the molecule is COC(=O)c1cc(NC(=O)CN(C)S(=O)(=O)c2ccc(C)cc2)cc(C(=O)OC)c1. The second-order valence-electron chi connectivity index (χ2n) is 6.40. The van der Waals surface area contributed by atoms with Crippen molar-refractivity contribution in [2.24, 2.45) is 0 Å². The molecule has 0 unspecified atom stereocenters. The summed E-state index contributed by atoms with van der Waals surface area (Å²) in [6, 6.07) is 10.1. The number of nitrogens with one attached hydrogen (secondary N) is 1. The van der Waals surface area contributed by atoms with Crippen LogP contribution in [0, 0.1) is 6.92 Å². The van der Waals surface area contributed by atoms with Crippen molar-refractivity contribution in [1.29, 1.82) is 0 Å². The van der Waals surface area contributed by atoms with E-state index in [1.54, 1.807) is 12.1 Å². The number of benzene rings is 2. The monoisotopic (exact) mass is 434 g/mol. The first-order valence-electron chi connectivity index (χ1n) is 8.73. The standard InChI is InChI=1S/C20H22N2O7S/c1-13-5-7-17(8-6-13)30(26,27)22(2)12-18(23)21-16-10-14(19(24)28-3)9-15(11-16)20(25)29-4/h5-11H,12H2,1-4H3,(H,21,23). The van der Waals surface area contributed by atoms with Gasteiger partial charge in [-0.25, -0.2) is 18.0 Å². The van der Waals surface area contributed by atoms with Crippen LogP contribution in [0.25, 0.3) is 0 Å². The molecule has 2 aromatic carbocycles. The molecule has 1 amide bonds. The van der Waals surface area contributed by atoms with E-state index in [1.807, 2.05) is 6.92 Å². The number of methoxy groups -OCH3 is 2. The molecule has 0 saturated carbocycles. The summed E-state index contributed by atoms with van der Waals surface area (Å²) in [6.07, 6.45) is 0. The van der Waals surface area contributed by atoms with E-state index in [0.717, 1.165) is 9.87 Å². The molecule has 1 N–H and O–H groups in total. The Hall–Kier alpha value is -3.24. The molecule has 0 spiro atoms. The van der Waals surface area contributed by atoms with Gasteiger partial charge in [0.1, 0.15) is 0 Å². The summed E-state index contributed by atoms with van der Waals surface area (Å²) in [4.78, 5) is 36.1. The van der Waals surface area contributed by atoms with E-state index in [4.69, 9.17) is 0 Å². The molecule has 0 aliphatic carbocycles. The molecule has 160 valence electrons. The van der Waals surface area contributed by atoms with Crippen molar-refractivity contribution in [2.75, 3.05) is 33.1 Å². The molecule has 9 nitrogen and oxygen atoms in total. The Morgan fingerprint density at radius 1 is 0.933 bits per heavy atom. The molecule has 10 heteroatoms. The highest BCUT2D eigenvalue weighted by molar-refractivity contribution is 7.89. The molecule has 0 radical (unpaired) electrons. The number of ether oxygens (including phenoxy) is 2. The molecule has 0 aromatic heterocycles. The summed E-state index contributed by atoms with van der Waals surface area (Å²) in [5.41, 5.74) is 1.07. The van der Waals surface area contributed by atoms with Crippen LogP contribution in [0.5, 0.6) is 0 Å². The third-order valence-corrected chi connectivity index (χ3v) is 5.97. The fourth-order valence-electron chi connectivity index (χ4n) is 2.55. The second-order valence-corrected chi connectivity index (χ2v) is 8.45. The van der Waals surface area contributed by atoms with E-state index in [2.05, 4.69) is 14.8 Å². The van der Waals surface area contributed by atoms with E-state index < -0.39 is 34.4 Å². The number of carbonyl (C=O) groups is 3. The van der Waals surface area contributed by atoms with Gasteiger partial charge in [0.25, 0.3) is 0 Å². The van der Waals surface area contributed by atoms with Gasteiger partial charge in [-0.3, -0.25) is 4.79 Å². The fourth-order valence-corrected chi connectivity index (χ4v) is 3.68. The number of sulfonamides is 1. The molecule has 0 bridgehead atoms. The van der Waals surface area contributed by atoms with Crippen LogP contribution in [-0.2, 0) is 24.3 Å². The molecule has 0 heterocycles. The summed E-state index contributed by atoms with van der Waals surface area (Å²) in [6.45, 7) is 1.35. The van der Waals surface area contributed by atoms with Crippen molar-refractivity contribution in [3.8, 4) is 0 Å². The number of hydrogen-bond acceptors (Lipinski definition) is 7. The lowest BCUT2D eigenvalue weighted by Gasteiger charge is -2.17. The minimum atomic E-state index is -3.87. The van der Waals surface area contributed by atoms with Crippen molar-refractivity contribution >= 4 is 33.6 Å². The minimum Gasteiger partial charge on any atom is -0.465 e. The van der Waals surface area contributed by atoms with E-state index in [1.165, 1.54) is 51.6 Å². The smallest absolute Gasteiger partial charge is 0.337 e. The summed E-state index contributed by atoms with van der Waals surface area (Å²) >= 11 is 0. The molecule has 2 rings (SSSR count). The van der Waals surface area contributed by atoms with Gasteiger partial charge in [-0.1, -0.05) is 17.7 Å². The number of anilines is 1. The number of amides is 1. The minimum absolute atomic E-state index is 0.0244. The predicted molar refractivity (Wildman–Crippen MR) is 109 cm³/mol. The van der Waals surface area contributed by atoms with Gasteiger partial charge < -0.3 is 14.8 Å². The molecule has 0 aliphatic rings. The number of carbonyl (C=O) groups excluding carboxylic acids is 3. The number of likely N-dealkylation sites (N-methyl/N-ethyl adjacent to an activating group) is 1. The summed E-state index contributed by atoms with van der Waals surface area (Å²) in [5.74, 6) is -2.09. The number of hydrogen-bond donors (Lipinski definition) is 1. The number of esters is 2. The van der Waals surface area contributed by atoms with Gasteiger partial charge in [-0.15, -0.1) is 0 Å². The van der Waals surface area contributed by atoms with Crippen LogP contribution in [-0.4, -0.2) is 58.4 Å². The maximum Gasteiger partial charge on any atom is 0.337 e. The van der Waals surface area contributed by atoms with Crippen molar-refractivity contribution in [3.63, 3.8) is 0 Å². The lowest BCUT2D eigenvalue weighted by atomic mass is 10.1. The number of rotatable bonds is 7. The molecule has 0 saturated heterocycles. The average molecular weight is 434 g/mol. The van der Waals surface area contributed by atoms with Gasteiger partial charge in [-0.05, 0) is 37.3 Å². The van der Waals surface area contributed by atoms with Gasteiger partial charge in [0, 0.05) is 12.7 Å². The Balaban J connectivity index is 2.21. The Morgan fingerprint density at radius 3 is 1.90 bits per heavy atom. The Bertz CT molecular complexity index is 1030. The van der Waals surface area contributed by atoms with Crippen molar-refractivity contribution in [3.05, 3.63) is 59.2 Å². The van der Waals surface area contributed by atoms with Crippen LogP contribution >= 0.6 is 0 Å². The normalized spacial score (nSPS) is 11.1. The van der Waals surface area contributed by atoms with Crippen LogP contribution in [0.2, 0.25) is 0 Å². The Labute approximate surface area is 174 Å². The zero-order valence-electron chi connectivity index (χ0n) is 17.0. The van der Waals surface area contributed by atoms with E-state index in [0.29, 0.717) is 0 Å². The maximum absolute atomic E-state index is 12.6. The second kappa shape index (κ2) is 9.51. The average Bonchev–Trinajstić information content (AvgIpc) is 2.72. The topological polar surface area (TPSA) is 119 Å². The zero-order chi connectivity index (χ0) is 22.5. The van der Waals surface area contributed by atoms with Gasteiger partial charge in [0.15, 0.2) is 0 Å². The Morgan fingerprint density at radius 2 is 1.43 bits per heavy atom. The van der Waals surface area contributed by atoms with Gasteiger partial charge in [-0.2, -0.15) is 4.31 Å². The molecule has 0 aliphatic heterocycles. The summed E-state index contributed by atoms with van der Waals surface area (Å²) in [5, 5.41) is 2.48. The first kappa shape index (κ1) is 23.0. The predicted octanol–water partition coefficient (Wildman–Crippen LogP) is 1.83. The quantitative estimate of drug-likeness (QED) is 0.660. The molecule has 0 atom stereocenters. The van der Waals surface area contributed by atoms with E-state index >= 15 is 0 Å². The highest BCUT2D eigenvalue weighted by Crippen LogP contribution is 2.18. The molecular weight excluding hydrogens is 412 g/mol. The van der Waals surface area contributed by atoms with E-state index in [-0.39, 0.29) is 21.7 Å². The zero-order valence-corrected chi connectivity index (χ0v) is 17.8. The summed E-state index contributed by atoms with van der Waals surface area (Å²) < 4.78 is 35.4. The lowest BCUT2D eigenvalue weighted by Crippen LogP contribution is -2.35. The van der Waals surface area contributed by atoms with Gasteiger partial charge >= 0.3 is 11.9 Å². The first-order valence-corrected chi connectivity index (χ1v) is 10.2. The molecule has 30 heavy (non-hydrogen) atoms. The number of nitrogens with zero attached hydrogens (tertiary/aromatic N) is 1. The number of aryl methyl sites for hydroxylation is 1. The third kappa shape index (κ3) is 5.43.